The number of rotatable bonds is 4. The maximum atomic E-state index is 13.2. The lowest BCUT2D eigenvalue weighted by atomic mass is 9.80. The van der Waals surface area contributed by atoms with Crippen LogP contribution < -0.4 is 5.32 Å². The molecule has 0 saturated heterocycles. The lowest BCUT2D eigenvalue weighted by molar-refractivity contribution is -0.125. The molecule has 2 atom stereocenters. The highest BCUT2D eigenvalue weighted by Gasteiger charge is 2.31. The zero-order valence-electron chi connectivity index (χ0n) is 12.5. The molecule has 2 nitrogen and oxygen atoms in total. The number of anilines is 1. The van der Waals surface area contributed by atoms with Crippen LogP contribution in [0, 0.1) is 11.7 Å². The van der Waals surface area contributed by atoms with Crippen LogP contribution in [-0.2, 0) is 4.79 Å². The van der Waals surface area contributed by atoms with Crippen LogP contribution in [0.1, 0.15) is 37.3 Å². The minimum Gasteiger partial charge on any atom is -0.378 e. The fourth-order valence-electron chi connectivity index (χ4n) is 3.16. The first kappa shape index (κ1) is 14.8. The van der Waals surface area contributed by atoms with Crippen molar-refractivity contribution in [2.75, 3.05) is 5.32 Å². The van der Waals surface area contributed by atoms with E-state index in [1.807, 2.05) is 30.3 Å². The van der Waals surface area contributed by atoms with Gasteiger partial charge in [0.1, 0.15) is 11.6 Å². The Balaban J connectivity index is 1.90. The molecule has 0 heterocycles. The Labute approximate surface area is 130 Å². The number of carbonyl (C=O) groups is 1. The van der Waals surface area contributed by atoms with Crippen LogP contribution in [0.2, 0.25) is 0 Å². The lowest BCUT2D eigenvalue weighted by Gasteiger charge is -2.31. The lowest BCUT2D eigenvalue weighted by Crippen LogP contribution is -2.30. The van der Waals surface area contributed by atoms with E-state index in [0.29, 0.717) is 12.2 Å². The van der Waals surface area contributed by atoms with Gasteiger partial charge in [0.2, 0.25) is 0 Å². The molecule has 0 radical (unpaired) electrons. The molecule has 1 saturated carbocycles. The highest BCUT2D eigenvalue weighted by atomic mass is 19.1. The molecule has 0 aromatic heterocycles. The Bertz CT molecular complexity index is 624. The minimum atomic E-state index is -0.253. The summed E-state index contributed by atoms with van der Waals surface area (Å²) in [6.07, 6.45) is 3.60. The molecular weight excluding hydrogens is 277 g/mol. The monoisotopic (exact) mass is 297 g/mol. The molecule has 3 heteroatoms. The Hall–Kier alpha value is -2.16. The van der Waals surface area contributed by atoms with Crippen LogP contribution in [0.15, 0.2) is 54.6 Å². The van der Waals surface area contributed by atoms with E-state index >= 15 is 0 Å². The van der Waals surface area contributed by atoms with E-state index in [-0.39, 0.29) is 17.8 Å². The van der Waals surface area contributed by atoms with E-state index < -0.39 is 0 Å². The Morgan fingerprint density at radius 1 is 1.00 bits per heavy atom. The van der Waals surface area contributed by atoms with Crippen molar-refractivity contribution in [1.82, 2.24) is 0 Å². The molecule has 2 aromatic rings. The quantitative estimate of drug-likeness (QED) is 0.883. The molecule has 0 aliphatic heterocycles. The summed E-state index contributed by atoms with van der Waals surface area (Å²) in [7, 11) is 0. The number of para-hydroxylation sites is 1. The van der Waals surface area contributed by atoms with Crippen LogP contribution >= 0.6 is 0 Å². The molecule has 22 heavy (non-hydrogen) atoms. The van der Waals surface area contributed by atoms with Crippen LogP contribution in [0.4, 0.5) is 10.1 Å². The summed E-state index contributed by atoms with van der Waals surface area (Å²) < 4.78 is 13.2. The predicted octanol–water partition coefficient (Wildman–Crippen LogP) is 4.74. The van der Waals surface area contributed by atoms with E-state index in [1.54, 1.807) is 12.1 Å². The highest BCUT2D eigenvalue weighted by molar-refractivity contribution is 5.83. The highest BCUT2D eigenvalue weighted by Crippen LogP contribution is 2.34. The van der Waals surface area contributed by atoms with Gasteiger partial charge in [-0.1, -0.05) is 36.8 Å². The fourth-order valence-corrected chi connectivity index (χ4v) is 3.16. The van der Waals surface area contributed by atoms with Crippen LogP contribution in [-0.4, -0.2) is 5.78 Å². The number of Topliss-reactive ketones (excluding diaryl/α,β-unsaturated/α-hetero) is 1. The summed E-state index contributed by atoms with van der Waals surface area (Å²) in [5.41, 5.74) is 1.95. The largest absolute Gasteiger partial charge is 0.378 e. The Morgan fingerprint density at radius 3 is 2.41 bits per heavy atom. The molecule has 0 spiro atoms. The molecule has 1 aliphatic rings. The normalized spacial score (nSPS) is 19.7. The van der Waals surface area contributed by atoms with Gasteiger partial charge in [-0.05, 0) is 42.7 Å². The Morgan fingerprint density at radius 2 is 1.73 bits per heavy atom. The van der Waals surface area contributed by atoms with Gasteiger partial charge in [-0.2, -0.15) is 0 Å². The average molecular weight is 297 g/mol. The van der Waals surface area contributed by atoms with Crippen molar-refractivity contribution in [2.45, 2.75) is 31.7 Å². The first-order valence-electron chi connectivity index (χ1n) is 7.84. The summed E-state index contributed by atoms with van der Waals surface area (Å²) in [5, 5.41) is 3.47. The summed E-state index contributed by atoms with van der Waals surface area (Å²) in [5.74, 6) is 0.0144. The third kappa shape index (κ3) is 3.35. The van der Waals surface area contributed by atoms with Crippen molar-refractivity contribution in [1.29, 1.82) is 0 Å². The van der Waals surface area contributed by atoms with Crippen molar-refractivity contribution >= 4 is 11.5 Å². The SMILES string of the molecule is O=C1CCCC[C@H]1[C@@H](Nc1ccccc1)c1ccc(F)cc1. The van der Waals surface area contributed by atoms with Crippen LogP contribution in [0.5, 0.6) is 0 Å². The summed E-state index contributed by atoms with van der Waals surface area (Å²) in [4.78, 5) is 12.4. The van der Waals surface area contributed by atoms with E-state index in [9.17, 15) is 9.18 Å². The van der Waals surface area contributed by atoms with Gasteiger partial charge in [0, 0.05) is 18.0 Å². The second-order valence-corrected chi connectivity index (χ2v) is 5.86. The second kappa shape index (κ2) is 6.73. The number of nitrogens with one attached hydrogen (secondary N) is 1. The van der Waals surface area contributed by atoms with Gasteiger partial charge < -0.3 is 5.32 Å². The van der Waals surface area contributed by atoms with Gasteiger partial charge in [0.05, 0.1) is 6.04 Å². The first-order chi connectivity index (χ1) is 10.7. The molecule has 1 aliphatic carbocycles. The molecule has 114 valence electrons. The van der Waals surface area contributed by atoms with E-state index in [1.165, 1.54) is 12.1 Å². The third-order valence-electron chi connectivity index (χ3n) is 4.33. The Kier molecular flexibility index (Phi) is 4.52. The van der Waals surface area contributed by atoms with E-state index in [4.69, 9.17) is 0 Å². The van der Waals surface area contributed by atoms with Gasteiger partial charge >= 0.3 is 0 Å². The number of hydrogen-bond donors (Lipinski definition) is 1. The summed E-state index contributed by atoms with van der Waals surface area (Å²) in [6.45, 7) is 0. The minimum absolute atomic E-state index is 0.0422. The first-order valence-corrected chi connectivity index (χ1v) is 7.84. The number of benzene rings is 2. The van der Waals surface area contributed by atoms with Gasteiger partial charge in [0.25, 0.3) is 0 Å². The van der Waals surface area contributed by atoms with Gasteiger partial charge in [-0.25, -0.2) is 4.39 Å². The van der Waals surface area contributed by atoms with Crippen molar-refractivity contribution in [3.8, 4) is 0 Å². The molecule has 2 aromatic carbocycles. The molecule has 1 N–H and O–H groups in total. The second-order valence-electron chi connectivity index (χ2n) is 5.86. The molecule has 0 bridgehead atoms. The van der Waals surface area contributed by atoms with Crippen molar-refractivity contribution in [2.24, 2.45) is 5.92 Å². The van der Waals surface area contributed by atoms with Crippen molar-refractivity contribution in [3.63, 3.8) is 0 Å². The molecule has 0 unspecified atom stereocenters. The van der Waals surface area contributed by atoms with Gasteiger partial charge in [-0.3, -0.25) is 4.79 Å². The number of hydrogen-bond acceptors (Lipinski definition) is 2. The van der Waals surface area contributed by atoms with Crippen LogP contribution in [0.25, 0.3) is 0 Å². The molecular formula is C19H20FNO. The topological polar surface area (TPSA) is 29.1 Å². The van der Waals surface area contributed by atoms with Crippen molar-refractivity contribution < 1.29 is 9.18 Å². The molecule has 1 fully saturated rings. The molecule has 3 rings (SSSR count). The maximum absolute atomic E-state index is 13.2. The third-order valence-corrected chi connectivity index (χ3v) is 4.33. The van der Waals surface area contributed by atoms with Crippen LogP contribution in [0.3, 0.4) is 0 Å². The number of ketones is 1. The van der Waals surface area contributed by atoms with E-state index in [0.717, 1.165) is 30.5 Å². The summed E-state index contributed by atoms with van der Waals surface area (Å²) >= 11 is 0. The number of carbonyl (C=O) groups excluding carboxylic acids is 1. The number of halogens is 1. The zero-order valence-corrected chi connectivity index (χ0v) is 12.5. The van der Waals surface area contributed by atoms with Gasteiger partial charge in [-0.15, -0.1) is 0 Å². The zero-order chi connectivity index (χ0) is 15.4. The fraction of sp³-hybridized carbons (Fsp3) is 0.316. The van der Waals surface area contributed by atoms with Gasteiger partial charge in [0.15, 0.2) is 0 Å². The predicted molar refractivity (Wildman–Crippen MR) is 86.2 cm³/mol. The standard InChI is InChI=1S/C19H20FNO/c20-15-12-10-14(11-13-15)19(17-8-4-5-9-18(17)22)21-16-6-2-1-3-7-16/h1-3,6-7,10-13,17,19,21H,4-5,8-9H2/t17-,19+/m1/s1. The maximum Gasteiger partial charge on any atom is 0.138 e. The van der Waals surface area contributed by atoms with E-state index in [2.05, 4.69) is 5.32 Å². The average Bonchev–Trinajstić information content (AvgIpc) is 2.55. The smallest absolute Gasteiger partial charge is 0.138 e. The summed E-state index contributed by atoms with van der Waals surface area (Å²) in [6, 6.07) is 16.2. The molecule has 0 amide bonds. The van der Waals surface area contributed by atoms with Crippen molar-refractivity contribution in [3.05, 3.63) is 66.0 Å².